The molecule has 15 heavy (non-hydrogen) atoms. The van der Waals surface area contributed by atoms with Crippen LogP contribution in [0.25, 0.3) is 0 Å². The van der Waals surface area contributed by atoms with Gasteiger partial charge in [-0.05, 0) is 58.4 Å². The second kappa shape index (κ2) is 5.02. The van der Waals surface area contributed by atoms with Gasteiger partial charge in [0.1, 0.15) is 0 Å². The Bertz CT molecular complexity index is 323. The summed E-state index contributed by atoms with van der Waals surface area (Å²) >= 11 is 3.53. The van der Waals surface area contributed by atoms with Crippen LogP contribution in [0.5, 0.6) is 0 Å². The van der Waals surface area contributed by atoms with Gasteiger partial charge in [-0.25, -0.2) is 0 Å². The van der Waals surface area contributed by atoms with Gasteiger partial charge < -0.3 is 4.90 Å². The number of benzene rings is 1. The molecule has 1 rings (SSSR count). The van der Waals surface area contributed by atoms with Gasteiger partial charge in [0.15, 0.2) is 0 Å². The molecule has 1 nitrogen and oxygen atoms in total. The van der Waals surface area contributed by atoms with Gasteiger partial charge in [0.05, 0.1) is 0 Å². The van der Waals surface area contributed by atoms with E-state index in [1.54, 1.807) is 0 Å². The molecular formula is C13H20BrN. The van der Waals surface area contributed by atoms with Crippen molar-refractivity contribution >= 4 is 21.6 Å². The third kappa shape index (κ3) is 2.97. The highest BCUT2D eigenvalue weighted by Crippen LogP contribution is 2.25. The smallest absolute Gasteiger partial charge is 0.0374 e. The first kappa shape index (κ1) is 12.6. The monoisotopic (exact) mass is 269 g/mol. The van der Waals surface area contributed by atoms with Crippen molar-refractivity contribution in [1.82, 2.24) is 0 Å². The van der Waals surface area contributed by atoms with Crippen LogP contribution in [0.4, 0.5) is 5.69 Å². The Labute approximate surface area is 102 Å². The van der Waals surface area contributed by atoms with E-state index < -0.39 is 0 Å². The molecule has 0 aliphatic carbocycles. The molecule has 84 valence electrons. The fraction of sp³-hybridized carbons (Fsp3) is 0.538. The molecule has 0 unspecified atom stereocenters. The summed E-state index contributed by atoms with van der Waals surface area (Å²) in [6, 6.07) is 7.61. The van der Waals surface area contributed by atoms with Crippen LogP contribution in [0.15, 0.2) is 22.7 Å². The normalized spacial score (nSPS) is 11.2. The molecule has 0 spiro atoms. The molecule has 0 aliphatic rings. The van der Waals surface area contributed by atoms with Gasteiger partial charge in [0, 0.05) is 22.2 Å². The number of nitrogens with zero attached hydrogens (tertiary/aromatic N) is 1. The van der Waals surface area contributed by atoms with Gasteiger partial charge in [0.2, 0.25) is 0 Å². The summed E-state index contributed by atoms with van der Waals surface area (Å²) in [5.41, 5.74) is 2.60. The molecule has 2 heteroatoms. The molecule has 0 fully saturated rings. The van der Waals surface area contributed by atoms with Gasteiger partial charge >= 0.3 is 0 Å². The second-order valence-electron chi connectivity index (χ2n) is 4.53. The van der Waals surface area contributed by atoms with E-state index in [1.165, 1.54) is 15.7 Å². The van der Waals surface area contributed by atoms with Crippen LogP contribution in [0.3, 0.4) is 0 Å². The lowest BCUT2D eigenvalue weighted by molar-refractivity contribution is 0.608. The van der Waals surface area contributed by atoms with Crippen molar-refractivity contribution in [1.29, 1.82) is 0 Å². The molecule has 0 bridgehead atoms. The molecule has 0 N–H and O–H groups in total. The van der Waals surface area contributed by atoms with Crippen LogP contribution < -0.4 is 4.90 Å². The van der Waals surface area contributed by atoms with E-state index in [0.29, 0.717) is 12.1 Å². The molecule has 0 heterocycles. The van der Waals surface area contributed by atoms with Crippen molar-refractivity contribution in [3.05, 3.63) is 28.2 Å². The fourth-order valence-electron chi connectivity index (χ4n) is 1.98. The van der Waals surface area contributed by atoms with E-state index in [1.807, 2.05) is 0 Å². The van der Waals surface area contributed by atoms with Gasteiger partial charge in [-0.1, -0.05) is 15.9 Å². The number of anilines is 1. The van der Waals surface area contributed by atoms with Gasteiger partial charge in [-0.2, -0.15) is 0 Å². The Hall–Kier alpha value is -0.500. The third-order valence-electron chi connectivity index (χ3n) is 2.55. The van der Waals surface area contributed by atoms with Gasteiger partial charge in [0.25, 0.3) is 0 Å². The lowest BCUT2D eigenvalue weighted by atomic mass is 10.1. The molecule has 1 aromatic rings. The SMILES string of the molecule is Cc1cc(N(C(C)C)C(C)C)ccc1Br. The zero-order valence-electron chi connectivity index (χ0n) is 10.2. The highest BCUT2D eigenvalue weighted by Gasteiger charge is 2.14. The van der Waals surface area contributed by atoms with E-state index >= 15 is 0 Å². The predicted molar refractivity (Wildman–Crippen MR) is 71.6 cm³/mol. The van der Waals surface area contributed by atoms with Crippen molar-refractivity contribution in [2.24, 2.45) is 0 Å². The van der Waals surface area contributed by atoms with E-state index in [0.717, 1.165) is 0 Å². The van der Waals surface area contributed by atoms with Gasteiger partial charge in [-0.15, -0.1) is 0 Å². The first-order valence-electron chi connectivity index (χ1n) is 5.48. The Morgan fingerprint density at radius 2 is 1.60 bits per heavy atom. The van der Waals surface area contributed by atoms with Crippen LogP contribution in [-0.4, -0.2) is 12.1 Å². The summed E-state index contributed by atoms with van der Waals surface area (Å²) in [4.78, 5) is 2.43. The quantitative estimate of drug-likeness (QED) is 0.787. The van der Waals surface area contributed by atoms with E-state index in [2.05, 4.69) is 73.6 Å². The molecule has 0 aromatic heterocycles. The fourth-order valence-corrected chi connectivity index (χ4v) is 2.23. The number of hydrogen-bond donors (Lipinski definition) is 0. The largest absolute Gasteiger partial charge is 0.367 e. The predicted octanol–water partition coefficient (Wildman–Crippen LogP) is 4.38. The summed E-state index contributed by atoms with van der Waals surface area (Å²) in [5, 5.41) is 0. The lowest BCUT2D eigenvalue weighted by Crippen LogP contribution is -2.36. The molecular weight excluding hydrogens is 250 g/mol. The van der Waals surface area contributed by atoms with Crippen LogP contribution in [0.1, 0.15) is 33.3 Å². The highest BCUT2D eigenvalue weighted by molar-refractivity contribution is 9.10. The second-order valence-corrected chi connectivity index (χ2v) is 5.38. The lowest BCUT2D eigenvalue weighted by Gasteiger charge is -2.33. The van der Waals surface area contributed by atoms with Crippen molar-refractivity contribution < 1.29 is 0 Å². The maximum atomic E-state index is 3.53. The molecule has 0 saturated carbocycles. The minimum absolute atomic E-state index is 0.533. The summed E-state index contributed by atoms with van der Waals surface area (Å²) < 4.78 is 1.18. The van der Waals surface area contributed by atoms with Crippen LogP contribution >= 0.6 is 15.9 Å². The number of aryl methyl sites for hydroxylation is 1. The van der Waals surface area contributed by atoms with Crippen molar-refractivity contribution in [2.75, 3.05) is 4.90 Å². The van der Waals surface area contributed by atoms with Crippen LogP contribution in [-0.2, 0) is 0 Å². The average Bonchev–Trinajstić information content (AvgIpc) is 2.10. The standard InChI is InChI=1S/C13H20BrN/c1-9(2)15(10(3)4)12-6-7-13(14)11(5)8-12/h6-10H,1-5H3. The summed E-state index contributed by atoms with van der Waals surface area (Å²) in [5.74, 6) is 0. The number of rotatable bonds is 3. The van der Waals surface area contributed by atoms with Crippen LogP contribution in [0.2, 0.25) is 0 Å². The summed E-state index contributed by atoms with van der Waals surface area (Å²) in [6.45, 7) is 11.1. The Morgan fingerprint density at radius 1 is 1.07 bits per heavy atom. The molecule has 1 aromatic carbocycles. The zero-order valence-corrected chi connectivity index (χ0v) is 11.8. The maximum Gasteiger partial charge on any atom is 0.0374 e. The van der Waals surface area contributed by atoms with Crippen molar-refractivity contribution in [2.45, 2.75) is 46.7 Å². The van der Waals surface area contributed by atoms with E-state index in [9.17, 15) is 0 Å². The summed E-state index contributed by atoms with van der Waals surface area (Å²) in [7, 11) is 0. The minimum Gasteiger partial charge on any atom is -0.367 e. The Morgan fingerprint density at radius 3 is 2.00 bits per heavy atom. The highest BCUT2D eigenvalue weighted by atomic mass is 79.9. The van der Waals surface area contributed by atoms with E-state index in [4.69, 9.17) is 0 Å². The molecule has 0 amide bonds. The average molecular weight is 270 g/mol. The molecule has 0 saturated heterocycles. The molecule has 0 atom stereocenters. The first-order valence-corrected chi connectivity index (χ1v) is 6.27. The maximum absolute atomic E-state index is 3.53. The van der Waals surface area contributed by atoms with Gasteiger partial charge in [-0.3, -0.25) is 0 Å². The zero-order chi connectivity index (χ0) is 11.6. The minimum atomic E-state index is 0.533. The summed E-state index contributed by atoms with van der Waals surface area (Å²) in [6.07, 6.45) is 0. The van der Waals surface area contributed by atoms with Crippen molar-refractivity contribution in [3.8, 4) is 0 Å². The topological polar surface area (TPSA) is 3.24 Å². The Balaban J connectivity index is 3.07. The van der Waals surface area contributed by atoms with Crippen molar-refractivity contribution in [3.63, 3.8) is 0 Å². The third-order valence-corrected chi connectivity index (χ3v) is 3.44. The van der Waals surface area contributed by atoms with E-state index in [-0.39, 0.29) is 0 Å². The molecule has 0 radical (unpaired) electrons. The Kier molecular flexibility index (Phi) is 4.21. The molecule has 0 aliphatic heterocycles. The number of hydrogen-bond acceptors (Lipinski definition) is 1. The number of halogens is 1. The first-order chi connectivity index (χ1) is 6.93. The van der Waals surface area contributed by atoms with Crippen LogP contribution in [0, 0.1) is 6.92 Å².